The van der Waals surface area contributed by atoms with E-state index in [0.29, 0.717) is 0 Å². The first kappa shape index (κ1) is 4.49. The number of rotatable bonds is 0. The van der Waals surface area contributed by atoms with Crippen LogP contribution in [0.25, 0.3) is 0 Å². The highest BCUT2D eigenvalue weighted by atomic mass is 16.5. The first-order valence-corrected chi connectivity index (χ1v) is 1.88. The molecule has 0 saturated heterocycles. The summed E-state index contributed by atoms with van der Waals surface area (Å²) in [6.07, 6.45) is 3.99. The number of hydrogen-bond acceptors (Lipinski definition) is 3. The standard InChI is InChI=1S/C4H5NO2/c6-4(7)2-1-3-5-4/h1-3,6-7H. The van der Waals surface area contributed by atoms with E-state index < -0.39 is 5.91 Å². The van der Waals surface area contributed by atoms with Crippen LogP contribution in [0.15, 0.2) is 17.1 Å². The topological polar surface area (TPSA) is 52.8 Å². The van der Waals surface area contributed by atoms with Crippen molar-refractivity contribution < 1.29 is 10.2 Å². The molecule has 0 aromatic rings. The number of allylic oxidation sites excluding steroid dienone is 1. The van der Waals surface area contributed by atoms with Crippen molar-refractivity contribution in [3.63, 3.8) is 0 Å². The van der Waals surface area contributed by atoms with E-state index in [0.717, 1.165) is 0 Å². The van der Waals surface area contributed by atoms with Gasteiger partial charge in [-0.1, -0.05) is 0 Å². The molecule has 0 saturated carbocycles. The molecule has 3 nitrogen and oxygen atoms in total. The molecule has 7 heavy (non-hydrogen) atoms. The molecule has 1 aliphatic rings. The Balaban J connectivity index is 2.77. The molecular weight excluding hydrogens is 94.0 g/mol. The van der Waals surface area contributed by atoms with Crippen LogP contribution >= 0.6 is 0 Å². The molecule has 0 fully saturated rings. The Kier molecular flexibility index (Phi) is 0.736. The molecule has 0 aliphatic carbocycles. The summed E-state index contributed by atoms with van der Waals surface area (Å²) in [5, 5.41) is 16.9. The lowest BCUT2D eigenvalue weighted by atomic mass is 10.5. The Hall–Kier alpha value is -0.670. The van der Waals surface area contributed by atoms with Crippen LogP contribution in [-0.4, -0.2) is 22.3 Å². The van der Waals surface area contributed by atoms with Gasteiger partial charge in [-0.05, 0) is 6.08 Å². The van der Waals surface area contributed by atoms with Crippen molar-refractivity contribution in [1.82, 2.24) is 0 Å². The van der Waals surface area contributed by atoms with Gasteiger partial charge >= 0.3 is 0 Å². The molecule has 1 heterocycles. The molecule has 0 amide bonds. The Bertz CT molecular complexity index is 112. The van der Waals surface area contributed by atoms with Gasteiger partial charge in [-0.2, -0.15) is 0 Å². The van der Waals surface area contributed by atoms with Crippen molar-refractivity contribution in [2.45, 2.75) is 5.91 Å². The van der Waals surface area contributed by atoms with Crippen LogP contribution in [-0.2, 0) is 0 Å². The number of aliphatic hydroxyl groups is 2. The lowest BCUT2D eigenvalue weighted by Crippen LogP contribution is -2.18. The maximum atomic E-state index is 8.47. The van der Waals surface area contributed by atoms with Gasteiger partial charge in [-0.25, -0.2) is 4.99 Å². The fourth-order valence-corrected chi connectivity index (χ4v) is 0.368. The zero-order valence-electron chi connectivity index (χ0n) is 3.57. The molecule has 38 valence electrons. The largest absolute Gasteiger partial charge is 0.344 e. The Labute approximate surface area is 40.6 Å². The zero-order chi connectivity index (χ0) is 5.33. The van der Waals surface area contributed by atoms with Crippen LogP contribution in [0.1, 0.15) is 0 Å². The second-order valence-corrected chi connectivity index (χ2v) is 1.32. The number of hydrogen-bond donors (Lipinski definition) is 2. The summed E-state index contributed by atoms with van der Waals surface area (Å²) in [5.41, 5.74) is 0. The molecule has 0 aromatic heterocycles. The van der Waals surface area contributed by atoms with E-state index in [1.807, 2.05) is 0 Å². The molecule has 1 rings (SSSR count). The molecule has 0 unspecified atom stereocenters. The smallest absolute Gasteiger partial charge is 0.285 e. The van der Waals surface area contributed by atoms with Crippen LogP contribution in [0.4, 0.5) is 0 Å². The van der Waals surface area contributed by atoms with Gasteiger partial charge in [-0.3, -0.25) is 0 Å². The minimum absolute atomic E-state index is 1.19. The summed E-state index contributed by atoms with van der Waals surface area (Å²) in [5.74, 6) is -1.92. The molecule has 0 aromatic carbocycles. The van der Waals surface area contributed by atoms with Gasteiger partial charge in [0, 0.05) is 12.3 Å². The normalized spacial score (nSPS) is 23.7. The maximum absolute atomic E-state index is 8.47. The van der Waals surface area contributed by atoms with Crippen molar-refractivity contribution in [2.24, 2.45) is 4.99 Å². The monoisotopic (exact) mass is 99.0 g/mol. The van der Waals surface area contributed by atoms with Crippen LogP contribution < -0.4 is 0 Å². The van der Waals surface area contributed by atoms with Gasteiger partial charge in [0.05, 0.1) is 0 Å². The summed E-state index contributed by atoms with van der Waals surface area (Å²) in [6.45, 7) is 0. The van der Waals surface area contributed by atoms with Crippen LogP contribution in [0.2, 0.25) is 0 Å². The summed E-state index contributed by atoms with van der Waals surface area (Å²) >= 11 is 0. The van der Waals surface area contributed by atoms with Crippen molar-refractivity contribution in [3.05, 3.63) is 12.2 Å². The predicted octanol–water partition coefficient (Wildman–Crippen LogP) is -0.735. The molecule has 2 N–H and O–H groups in total. The minimum atomic E-state index is -1.92. The lowest BCUT2D eigenvalue weighted by Gasteiger charge is -2.04. The average Bonchev–Trinajstić information content (AvgIpc) is 1.84. The average molecular weight is 99.1 g/mol. The summed E-state index contributed by atoms with van der Waals surface area (Å²) in [4.78, 5) is 3.24. The lowest BCUT2D eigenvalue weighted by molar-refractivity contribution is -0.106. The number of nitrogens with zero attached hydrogens (tertiary/aromatic N) is 1. The molecule has 0 radical (unpaired) electrons. The van der Waals surface area contributed by atoms with Gasteiger partial charge < -0.3 is 10.2 Å². The van der Waals surface area contributed by atoms with E-state index in [2.05, 4.69) is 4.99 Å². The van der Waals surface area contributed by atoms with E-state index in [4.69, 9.17) is 10.2 Å². The third-order valence-corrected chi connectivity index (χ3v) is 0.670. The second-order valence-electron chi connectivity index (χ2n) is 1.32. The van der Waals surface area contributed by atoms with Gasteiger partial charge in [-0.15, -0.1) is 0 Å². The highest BCUT2D eigenvalue weighted by Crippen LogP contribution is 2.05. The summed E-state index contributed by atoms with van der Waals surface area (Å²) < 4.78 is 0. The van der Waals surface area contributed by atoms with Crippen molar-refractivity contribution in [1.29, 1.82) is 0 Å². The van der Waals surface area contributed by atoms with Crippen molar-refractivity contribution >= 4 is 6.21 Å². The maximum Gasteiger partial charge on any atom is 0.285 e. The Morgan fingerprint density at radius 2 is 2.14 bits per heavy atom. The van der Waals surface area contributed by atoms with Crippen LogP contribution in [0, 0.1) is 0 Å². The van der Waals surface area contributed by atoms with E-state index in [-0.39, 0.29) is 0 Å². The minimum Gasteiger partial charge on any atom is -0.344 e. The summed E-state index contributed by atoms with van der Waals surface area (Å²) in [6, 6.07) is 0. The quantitative estimate of drug-likeness (QED) is 0.393. The highest BCUT2D eigenvalue weighted by molar-refractivity contribution is 5.74. The molecule has 3 heteroatoms. The van der Waals surface area contributed by atoms with Crippen molar-refractivity contribution in [2.75, 3.05) is 0 Å². The Morgan fingerprint density at radius 1 is 1.43 bits per heavy atom. The van der Waals surface area contributed by atoms with E-state index in [9.17, 15) is 0 Å². The van der Waals surface area contributed by atoms with Gasteiger partial charge in [0.15, 0.2) is 0 Å². The van der Waals surface area contributed by atoms with Crippen molar-refractivity contribution in [3.8, 4) is 0 Å². The Morgan fingerprint density at radius 3 is 2.29 bits per heavy atom. The second kappa shape index (κ2) is 1.15. The zero-order valence-corrected chi connectivity index (χ0v) is 3.57. The molecule has 0 bridgehead atoms. The molecule has 1 aliphatic heterocycles. The van der Waals surface area contributed by atoms with E-state index in [1.165, 1.54) is 18.4 Å². The van der Waals surface area contributed by atoms with Gasteiger partial charge in [0.2, 0.25) is 0 Å². The third-order valence-electron chi connectivity index (χ3n) is 0.670. The molecule has 0 atom stereocenters. The van der Waals surface area contributed by atoms with Crippen LogP contribution in [0.5, 0.6) is 0 Å². The molecular formula is C4H5NO2. The van der Waals surface area contributed by atoms with Crippen LogP contribution in [0.3, 0.4) is 0 Å². The third kappa shape index (κ3) is 0.852. The molecule has 0 spiro atoms. The first-order chi connectivity index (χ1) is 3.21. The first-order valence-electron chi connectivity index (χ1n) is 1.88. The van der Waals surface area contributed by atoms with E-state index in [1.54, 1.807) is 0 Å². The SMILES string of the molecule is OC1(O)C=CC=N1. The fraction of sp³-hybridized carbons (Fsp3) is 0.250. The van der Waals surface area contributed by atoms with Gasteiger partial charge in [0.25, 0.3) is 5.91 Å². The fourth-order valence-electron chi connectivity index (χ4n) is 0.368. The van der Waals surface area contributed by atoms with E-state index >= 15 is 0 Å². The summed E-state index contributed by atoms with van der Waals surface area (Å²) in [7, 11) is 0. The van der Waals surface area contributed by atoms with Gasteiger partial charge in [0.1, 0.15) is 0 Å². The predicted molar refractivity (Wildman–Crippen MR) is 24.8 cm³/mol. The number of aliphatic imine (C=N–C) groups is 1. The highest BCUT2D eigenvalue weighted by Gasteiger charge is 2.17.